The standard InChI is InChI=1S/C17H22N2O3S/c20-15(18-14-6-7-14)12-22-17(21)16(13-4-2-1-3-5-13)19-8-10-23-11-9-19/h1-5,14,16H,6-12H2,(H,18,20)/t16-/m0/s1. The molecule has 1 saturated carbocycles. The Morgan fingerprint density at radius 1 is 1.22 bits per heavy atom. The molecule has 2 aliphatic rings. The van der Waals surface area contributed by atoms with Crippen molar-refractivity contribution < 1.29 is 14.3 Å². The molecular formula is C17H22N2O3S. The SMILES string of the molecule is O=C(COC(=O)[C@H](c1ccccc1)N1CCSCC1)NC1CC1. The fraction of sp³-hybridized carbons (Fsp3) is 0.529. The Bertz CT molecular complexity index is 542. The zero-order valence-electron chi connectivity index (χ0n) is 13.1. The number of amides is 1. The number of esters is 1. The van der Waals surface area contributed by atoms with Crippen molar-refractivity contribution >= 4 is 23.6 Å². The third kappa shape index (κ3) is 4.72. The second-order valence-electron chi connectivity index (χ2n) is 5.91. The van der Waals surface area contributed by atoms with Gasteiger partial charge in [0.1, 0.15) is 6.04 Å². The first-order chi connectivity index (χ1) is 11.2. The quantitative estimate of drug-likeness (QED) is 0.801. The van der Waals surface area contributed by atoms with Gasteiger partial charge in [0.05, 0.1) is 0 Å². The van der Waals surface area contributed by atoms with Crippen LogP contribution in [0, 0.1) is 0 Å². The van der Waals surface area contributed by atoms with E-state index in [-0.39, 0.29) is 24.5 Å². The summed E-state index contributed by atoms with van der Waals surface area (Å²) in [6.45, 7) is 1.52. The van der Waals surface area contributed by atoms with Crippen molar-refractivity contribution in [2.45, 2.75) is 24.9 Å². The van der Waals surface area contributed by atoms with Gasteiger partial charge in [-0.25, -0.2) is 4.79 Å². The highest BCUT2D eigenvalue weighted by Crippen LogP contribution is 2.25. The van der Waals surface area contributed by atoms with Gasteiger partial charge in [-0.15, -0.1) is 0 Å². The number of nitrogens with one attached hydrogen (secondary N) is 1. The predicted molar refractivity (Wildman–Crippen MR) is 90.2 cm³/mol. The van der Waals surface area contributed by atoms with Gasteiger partial charge in [0, 0.05) is 30.6 Å². The van der Waals surface area contributed by atoms with Crippen molar-refractivity contribution in [3.8, 4) is 0 Å². The first-order valence-electron chi connectivity index (χ1n) is 8.07. The molecule has 2 fully saturated rings. The maximum atomic E-state index is 12.6. The minimum atomic E-state index is -0.425. The van der Waals surface area contributed by atoms with E-state index in [0.717, 1.165) is 43.0 Å². The van der Waals surface area contributed by atoms with Crippen molar-refractivity contribution in [1.29, 1.82) is 0 Å². The van der Waals surface area contributed by atoms with E-state index in [0.29, 0.717) is 0 Å². The van der Waals surface area contributed by atoms with Gasteiger partial charge in [-0.1, -0.05) is 30.3 Å². The van der Waals surface area contributed by atoms with Crippen LogP contribution in [0.3, 0.4) is 0 Å². The molecule has 3 rings (SSSR count). The lowest BCUT2D eigenvalue weighted by Crippen LogP contribution is -2.41. The van der Waals surface area contributed by atoms with Crippen molar-refractivity contribution in [3.63, 3.8) is 0 Å². The maximum Gasteiger partial charge on any atom is 0.328 e. The van der Waals surface area contributed by atoms with Crippen LogP contribution in [0.1, 0.15) is 24.4 Å². The second-order valence-corrected chi connectivity index (χ2v) is 7.14. The Kier molecular flexibility index (Phi) is 5.56. The zero-order chi connectivity index (χ0) is 16.1. The van der Waals surface area contributed by atoms with E-state index in [4.69, 9.17) is 4.74 Å². The van der Waals surface area contributed by atoms with Crippen LogP contribution in [-0.2, 0) is 14.3 Å². The molecule has 1 atom stereocenters. The minimum Gasteiger partial charge on any atom is -0.454 e. The molecule has 23 heavy (non-hydrogen) atoms. The molecule has 6 heteroatoms. The summed E-state index contributed by atoms with van der Waals surface area (Å²) in [4.78, 5) is 26.5. The van der Waals surface area contributed by atoms with Crippen LogP contribution >= 0.6 is 11.8 Å². The topological polar surface area (TPSA) is 58.6 Å². The molecule has 1 amide bonds. The minimum absolute atomic E-state index is 0.193. The van der Waals surface area contributed by atoms with Crippen LogP contribution in [0.5, 0.6) is 0 Å². The van der Waals surface area contributed by atoms with Crippen molar-refractivity contribution in [1.82, 2.24) is 10.2 Å². The Labute approximate surface area is 140 Å². The normalized spacial score (nSPS) is 19.8. The van der Waals surface area contributed by atoms with Crippen LogP contribution in [0.15, 0.2) is 30.3 Å². The average Bonchev–Trinajstić information content (AvgIpc) is 3.39. The zero-order valence-corrected chi connectivity index (χ0v) is 13.9. The maximum absolute atomic E-state index is 12.6. The van der Waals surface area contributed by atoms with Crippen molar-refractivity contribution in [2.75, 3.05) is 31.2 Å². The summed E-state index contributed by atoms with van der Waals surface area (Å²) >= 11 is 1.90. The number of hydrogen-bond acceptors (Lipinski definition) is 5. The molecule has 5 nitrogen and oxygen atoms in total. The van der Waals surface area contributed by atoms with Gasteiger partial charge < -0.3 is 10.1 Å². The summed E-state index contributed by atoms with van der Waals surface area (Å²) in [6, 6.07) is 9.52. The molecule has 1 aliphatic carbocycles. The van der Waals surface area contributed by atoms with E-state index >= 15 is 0 Å². The summed E-state index contributed by atoms with van der Waals surface area (Å²) in [7, 11) is 0. The molecule has 124 valence electrons. The van der Waals surface area contributed by atoms with Gasteiger partial charge in [-0.05, 0) is 18.4 Å². The lowest BCUT2D eigenvalue weighted by molar-refractivity contribution is -0.154. The smallest absolute Gasteiger partial charge is 0.328 e. The number of carbonyl (C=O) groups is 2. The monoisotopic (exact) mass is 334 g/mol. The number of thioether (sulfide) groups is 1. The van der Waals surface area contributed by atoms with Gasteiger partial charge in [0.15, 0.2) is 6.61 Å². The molecule has 0 bridgehead atoms. The number of benzene rings is 1. The third-order valence-corrected chi connectivity index (χ3v) is 4.98. The van der Waals surface area contributed by atoms with Gasteiger partial charge in [0.25, 0.3) is 5.91 Å². The highest BCUT2D eigenvalue weighted by Gasteiger charge is 2.31. The van der Waals surface area contributed by atoms with Crippen LogP contribution in [-0.4, -0.2) is 54.0 Å². The molecule has 1 heterocycles. The van der Waals surface area contributed by atoms with Crippen LogP contribution in [0.4, 0.5) is 0 Å². The Morgan fingerprint density at radius 3 is 2.57 bits per heavy atom. The summed E-state index contributed by atoms with van der Waals surface area (Å²) in [5.74, 6) is 1.48. The van der Waals surface area contributed by atoms with Gasteiger partial charge in [0.2, 0.25) is 0 Å². The van der Waals surface area contributed by atoms with E-state index in [1.807, 2.05) is 42.1 Å². The molecule has 0 aromatic heterocycles. The molecule has 0 radical (unpaired) electrons. The van der Waals surface area contributed by atoms with E-state index < -0.39 is 6.04 Å². The number of hydrogen-bond donors (Lipinski definition) is 1. The van der Waals surface area contributed by atoms with Crippen LogP contribution in [0.25, 0.3) is 0 Å². The van der Waals surface area contributed by atoms with Gasteiger partial charge in [-0.2, -0.15) is 11.8 Å². The van der Waals surface area contributed by atoms with Crippen LogP contribution < -0.4 is 5.32 Å². The summed E-state index contributed by atoms with van der Waals surface area (Å²) in [5.41, 5.74) is 0.923. The largest absolute Gasteiger partial charge is 0.454 e. The number of carbonyl (C=O) groups excluding carboxylic acids is 2. The lowest BCUT2D eigenvalue weighted by Gasteiger charge is -2.33. The van der Waals surface area contributed by atoms with E-state index in [2.05, 4.69) is 10.2 Å². The van der Waals surface area contributed by atoms with Gasteiger partial charge >= 0.3 is 5.97 Å². The predicted octanol–water partition coefficient (Wildman–Crippen LogP) is 1.60. The first kappa shape index (κ1) is 16.3. The van der Waals surface area contributed by atoms with Crippen LogP contribution in [0.2, 0.25) is 0 Å². The van der Waals surface area contributed by atoms with E-state index in [9.17, 15) is 9.59 Å². The second kappa shape index (κ2) is 7.84. The van der Waals surface area contributed by atoms with Crippen molar-refractivity contribution in [2.24, 2.45) is 0 Å². The molecule has 1 aliphatic heterocycles. The first-order valence-corrected chi connectivity index (χ1v) is 9.22. The summed E-state index contributed by atoms with van der Waals surface area (Å²) in [6.07, 6.45) is 2.05. The summed E-state index contributed by atoms with van der Waals surface area (Å²) in [5, 5.41) is 2.83. The molecule has 0 spiro atoms. The molecule has 1 aromatic rings. The van der Waals surface area contributed by atoms with Crippen molar-refractivity contribution in [3.05, 3.63) is 35.9 Å². The molecular weight excluding hydrogens is 312 g/mol. The fourth-order valence-corrected chi connectivity index (χ4v) is 3.61. The highest BCUT2D eigenvalue weighted by atomic mass is 32.2. The average molecular weight is 334 g/mol. The highest BCUT2D eigenvalue weighted by molar-refractivity contribution is 7.99. The lowest BCUT2D eigenvalue weighted by atomic mass is 10.1. The number of ether oxygens (including phenoxy) is 1. The molecule has 1 N–H and O–H groups in total. The Hall–Kier alpha value is -1.53. The van der Waals surface area contributed by atoms with E-state index in [1.54, 1.807) is 0 Å². The molecule has 0 unspecified atom stereocenters. The molecule has 1 saturated heterocycles. The Balaban J connectivity index is 1.63. The number of rotatable bonds is 6. The fourth-order valence-electron chi connectivity index (χ4n) is 2.68. The van der Waals surface area contributed by atoms with E-state index in [1.165, 1.54) is 0 Å². The summed E-state index contributed by atoms with van der Waals surface area (Å²) < 4.78 is 5.30. The Morgan fingerprint density at radius 2 is 1.91 bits per heavy atom. The third-order valence-electron chi connectivity index (χ3n) is 4.04. The number of nitrogens with zero attached hydrogens (tertiary/aromatic N) is 1. The molecule has 1 aromatic carbocycles. The van der Waals surface area contributed by atoms with Gasteiger partial charge in [-0.3, -0.25) is 9.69 Å².